The molecule has 0 saturated carbocycles. The average Bonchev–Trinajstić information content (AvgIpc) is 2.81. The Morgan fingerprint density at radius 2 is 1.52 bits per heavy atom. The van der Waals surface area contributed by atoms with Crippen molar-refractivity contribution in [1.82, 2.24) is 0 Å². The molecule has 5 nitrogen and oxygen atoms in total. The molecule has 0 unspecified atom stereocenters. The van der Waals surface area contributed by atoms with Gasteiger partial charge in [0.15, 0.2) is 11.6 Å². The number of aromatic hydroxyl groups is 1. The van der Waals surface area contributed by atoms with Crippen LogP contribution in [0, 0.1) is 0 Å². The summed E-state index contributed by atoms with van der Waals surface area (Å²) in [6.45, 7) is 9.32. The van der Waals surface area contributed by atoms with E-state index in [1.165, 1.54) is 13.0 Å². The minimum absolute atomic E-state index is 0.0284. The maximum Gasteiger partial charge on any atom is 0.170 e. The van der Waals surface area contributed by atoms with Crippen molar-refractivity contribution < 1.29 is 24.2 Å². The zero-order valence-corrected chi connectivity index (χ0v) is 23.0. The number of carbonyl (C=O) groups is 3. The lowest BCUT2D eigenvalue weighted by Crippen LogP contribution is -2.40. The third-order valence-electron chi connectivity index (χ3n) is 5.47. The topological polar surface area (TPSA) is 80.7 Å². The van der Waals surface area contributed by atoms with E-state index in [9.17, 15) is 14.4 Å². The van der Waals surface area contributed by atoms with Gasteiger partial charge < -0.3 is 9.84 Å². The van der Waals surface area contributed by atoms with E-state index in [4.69, 9.17) is 9.84 Å². The average molecular weight is 584 g/mol. The number of hydrogen-bond acceptors (Lipinski definition) is 5. The molecule has 2 aromatic carbocycles. The molecule has 0 aromatic heterocycles. The molecule has 1 aliphatic rings. The first-order valence-electron chi connectivity index (χ1n) is 11.0. The minimum atomic E-state index is -0.294. The molecule has 180 valence electrons. The second-order valence-corrected chi connectivity index (χ2v) is 9.53. The molecule has 1 aliphatic heterocycles. The third kappa shape index (κ3) is 8.70. The van der Waals surface area contributed by atoms with Gasteiger partial charge in [0.25, 0.3) is 0 Å². The van der Waals surface area contributed by atoms with Crippen LogP contribution in [0.3, 0.4) is 0 Å². The van der Waals surface area contributed by atoms with E-state index in [-0.39, 0.29) is 22.9 Å². The summed E-state index contributed by atoms with van der Waals surface area (Å²) >= 11 is 6.57. The van der Waals surface area contributed by atoms with Crippen molar-refractivity contribution in [1.29, 1.82) is 0 Å². The predicted octanol–water partition coefficient (Wildman–Crippen LogP) is 7.71. The van der Waals surface area contributed by atoms with Crippen molar-refractivity contribution in [3.8, 4) is 11.5 Å². The van der Waals surface area contributed by atoms with Gasteiger partial charge in [-0.2, -0.15) is 0 Å². The number of halogens is 2. The monoisotopic (exact) mass is 582 g/mol. The normalized spacial score (nSPS) is 13.4. The Kier molecular flexibility index (Phi) is 12.0. The molecule has 0 amide bonds. The van der Waals surface area contributed by atoms with Gasteiger partial charge in [0.2, 0.25) is 0 Å². The lowest BCUT2D eigenvalue weighted by Gasteiger charge is -2.36. The second-order valence-electron chi connectivity index (χ2n) is 7.70. The van der Waals surface area contributed by atoms with Crippen molar-refractivity contribution in [2.75, 3.05) is 0 Å². The summed E-state index contributed by atoms with van der Waals surface area (Å²) in [6, 6.07) is 10.4. The molecule has 0 atom stereocenters. The third-order valence-corrected chi connectivity index (χ3v) is 6.45. The van der Waals surface area contributed by atoms with Gasteiger partial charge in [0.05, 0.1) is 17.5 Å². The predicted molar refractivity (Wildman–Crippen MR) is 138 cm³/mol. The number of phenols is 1. The number of Topliss-reactive ketones (excluding diaryl/α,β-unsaturated/α-hetero) is 3. The largest absolute Gasteiger partial charge is 0.507 e. The first kappa shape index (κ1) is 29.0. The molecule has 3 rings (SSSR count). The molecule has 1 N–H and O–H groups in total. The van der Waals surface area contributed by atoms with Gasteiger partial charge in [0, 0.05) is 21.8 Å². The van der Waals surface area contributed by atoms with Crippen LogP contribution in [0.25, 0.3) is 0 Å². The SMILES string of the molecule is CC(=O)c1cc(Br)ccc1O.CCC(=O)CC.CCC1(CC)CC(=O)c2cc(Br)ccc2O1. The Morgan fingerprint density at radius 3 is 1.97 bits per heavy atom. The maximum absolute atomic E-state index is 12.1. The number of benzene rings is 2. The molecule has 0 radical (unpaired) electrons. The first-order valence-corrected chi connectivity index (χ1v) is 12.6. The summed E-state index contributed by atoms with van der Waals surface area (Å²) < 4.78 is 7.71. The van der Waals surface area contributed by atoms with Crippen LogP contribution in [0.15, 0.2) is 45.3 Å². The quantitative estimate of drug-likeness (QED) is 0.365. The number of ketones is 3. The zero-order valence-electron chi connectivity index (χ0n) is 19.8. The highest BCUT2D eigenvalue weighted by atomic mass is 79.9. The lowest BCUT2D eigenvalue weighted by molar-refractivity contribution is -0.118. The number of hydrogen-bond donors (Lipinski definition) is 1. The molecule has 0 bridgehead atoms. The highest BCUT2D eigenvalue weighted by Gasteiger charge is 2.37. The Bertz CT molecular complexity index is 975. The highest BCUT2D eigenvalue weighted by molar-refractivity contribution is 9.10. The van der Waals surface area contributed by atoms with Crippen molar-refractivity contribution in [2.45, 2.75) is 72.3 Å². The van der Waals surface area contributed by atoms with E-state index in [1.54, 1.807) is 12.1 Å². The molecule has 1 heterocycles. The van der Waals surface area contributed by atoms with E-state index in [0.29, 0.717) is 36.2 Å². The van der Waals surface area contributed by atoms with Crippen LogP contribution in [0.2, 0.25) is 0 Å². The molecular weight excluding hydrogens is 552 g/mol. The van der Waals surface area contributed by atoms with E-state index in [1.807, 2.05) is 32.0 Å². The van der Waals surface area contributed by atoms with Crippen molar-refractivity contribution in [3.63, 3.8) is 0 Å². The lowest BCUT2D eigenvalue weighted by atomic mass is 9.86. The van der Waals surface area contributed by atoms with E-state index >= 15 is 0 Å². The van der Waals surface area contributed by atoms with Crippen LogP contribution < -0.4 is 4.74 Å². The van der Waals surface area contributed by atoms with Gasteiger partial charge in [-0.15, -0.1) is 0 Å². The summed E-state index contributed by atoms with van der Waals surface area (Å²) in [4.78, 5) is 33.1. The summed E-state index contributed by atoms with van der Waals surface area (Å²) in [5.41, 5.74) is 0.754. The maximum atomic E-state index is 12.1. The van der Waals surface area contributed by atoms with Gasteiger partial charge in [-0.1, -0.05) is 59.6 Å². The molecule has 0 aliphatic carbocycles. The van der Waals surface area contributed by atoms with Crippen molar-refractivity contribution >= 4 is 49.2 Å². The van der Waals surface area contributed by atoms with Gasteiger partial charge in [-0.3, -0.25) is 14.4 Å². The first-order chi connectivity index (χ1) is 15.5. The van der Waals surface area contributed by atoms with Crippen LogP contribution in [-0.4, -0.2) is 28.1 Å². The number of rotatable bonds is 5. The van der Waals surface area contributed by atoms with Crippen molar-refractivity contribution in [3.05, 3.63) is 56.5 Å². The van der Waals surface area contributed by atoms with E-state index < -0.39 is 0 Å². The fourth-order valence-corrected chi connectivity index (χ4v) is 3.87. The fourth-order valence-electron chi connectivity index (χ4n) is 3.15. The summed E-state index contributed by atoms with van der Waals surface area (Å²) in [5.74, 6) is 1.15. The van der Waals surface area contributed by atoms with Crippen LogP contribution in [-0.2, 0) is 4.79 Å². The van der Waals surface area contributed by atoms with Crippen LogP contribution in [0.1, 0.15) is 87.4 Å². The molecule has 0 spiro atoms. The van der Waals surface area contributed by atoms with Gasteiger partial charge in [0.1, 0.15) is 22.9 Å². The molecule has 0 fully saturated rings. The summed E-state index contributed by atoms with van der Waals surface area (Å²) in [7, 11) is 0. The highest BCUT2D eigenvalue weighted by Crippen LogP contribution is 2.38. The van der Waals surface area contributed by atoms with Crippen LogP contribution in [0.5, 0.6) is 11.5 Å². The Balaban J connectivity index is 0.000000278. The second kappa shape index (κ2) is 13.7. The molecule has 2 aromatic rings. The van der Waals surface area contributed by atoms with E-state index in [2.05, 4.69) is 45.7 Å². The van der Waals surface area contributed by atoms with Crippen LogP contribution >= 0.6 is 31.9 Å². The number of fused-ring (bicyclic) bond motifs is 1. The van der Waals surface area contributed by atoms with Gasteiger partial charge in [-0.05, 0) is 56.2 Å². The Hall–Kier alpha value is -1.99. The van der Waals surface area contributed by atoms with Gasteiger partial charge >= 0.3 is 0 Å². The number of carbonyl (C=O) groups excluding carboxylic acids is 3. The molecular formula is C26H32Br2O5. The molecule has 0 saturated heterocycles. The summed E-state index contributed by atoms with van der Waals surface area (Å²) in [6.07, 6.45) is 3.60. The summed E-state index contributed by atoms with van der Waals surface area (Å²) in [5, 5.41) is 9.16. The standard InChI is InChI=1S/C13H15BrO2.C8H7BrO2.C5H10O/c1-3-13(4-2)8-11(15)10-7-9(14)5-6-12(10)16-13;1-5(10)7-4-6(9)2-3-8(7)11;1-3-5(6)4-2/h5-7H,3-4,8H2,1-2H3;2-4,11H,1H3;3-4H2,1-2H3. The van der Waals surface area contributed by atoms with Gasteiger partial charge in [-0.25, -0.2) is 0 Å². The van der Waals surface area contributed by atoms with Crippen molar-refractivity contribution in [2.24, 2.45) is 0 Å². The fraction of sp³-hybridized carbons (Fsp3) is 0.423. The zero-order chi connectivity index (χ0) is 25.2. The van der Waals surface area contributed by atoms with E-state index in [0.717, 1.165) is 27.5 Å². The van der Waals surface area contributed by atoms with Crippen LogP contribution in [0.4, 0.5) is 0 Å². The number of phenolic OH excluding ortho intramolecular Hbond substituents is 1. The Morgan fingerprint density at radius 1 is 0.970 bits per heavy atom. The molecule has 33 heavy (non-hydrogen) atoms. The smallest absolute Gasteiger partial charge is 0.170 e. The Labute approximate surface area is 213 Å². The minimum Gasteiger partial charge on any atom is -0.507 e. The number of ether oxygens (including phenoxy) is 1. The molecule has 7 heteroatoms.